The van der Waals surface area contributed by atoms with E-state index >= 15 is 0 Å². The maximum Gasteiger partial charge on any atom is 0.229 e. The van der Waals surface area contributed by atoms with Gasteiger partial charge >= 0.3 is 0 Å². The van der Waals surface area contributed by atoms with E-state index in [2.05, 4.69) is 18.7 Å². The van der Waals surface area contributed by atoms with Gasteiger partial charge in [-0.25, -0.2) is 0 Å². The molecule has 0 aromatic carbocycles. The second kappa shape index (κ2) is 2.89. The van der Waals surface area contributed by atoms with Crippen LogP contribution in [0.15, 0.2) is 0 Å². The molecule has 1 heterocycles. The molecule has 1 aliphatic heterocycles. The van der Waals surface area contributed by atoms with Crippen LogP contribution in [0, 0.1) is 34.0 Å². The summed E-state index contributed by atoms with van der Waals surface area (Å²) in [6.45, 7) is 6.73. The van der Waals surface area contributed by atoms with E-state index in [4.69, 9.17) is 0 Å². The summed E-state index contributed by atoms with van der Waals surface area (Å²) in [7, 11) is 0. The molecule has 1 spiro atoms. The van der Waals surface area contributed by atoms with Gasteiger partial charge in [0.25, 0.3) is 0 Å². The molecule has 5 rings (SSSR count). The number of hydrogen-bond acceptors (Lipinski definition) is 1. The molecule has 2 unspecified atom stereocenters. The van der Waals surface area contributed by atoms with Crippen LogP contribution in [0.5, 0.6) is 0 Å². The van der Waals surface area contributed by atoms with Crippen LogP contribution >= 0.6 is 0 Å². The number of carbonyl (C=O) groups excluding carboxylic acids is 1. The van der Waals surface area contributed by atoms with Gasteiger partial charge in [-0.1, -0.05) is 13.8 Å². The SMILES string of the molecule is CC1(C)CCN(C(=O)C23CC4CC5CC(C2)C543)CC1. The Balaban J connectivity index is 1.37. The Morgan fingerprint density at radius 2 is 1.58 bits per heavy atom. The highest BCUT2D eigenvalue weighted by atomic mass is 16.2. The number of hydrogen-bond donors (Lipinski definition) is 0. The van der Waals surface area contributed by atoms with Gasteiger partial charge in [0.1, 0.15) is 0 Å². The fraction of sp³-hybridized carbons (Fsp3) is 0.941. The molecule has 0 aromatic heterocycles. The minimum atomic E-state index is 0.158. The summed E-state index contributed by atoms with van der Waals surface area (Å²) < 4.78 is 0. The van der Waals surface area contributed by atoms with E-state index < -0.39 is 0 Å². The Hall–Kier alpha value is -0.530. The van der Waals surface area contributed by atoms with Crippen LogP contribution in [-0.2, 0) is 4.79 Å². The first-order valence-electron chi connectivity index (χ1n) is 8.29. The zero-order chi connectivity index (χ0) is 13.0. The van der Waals surface area contributed by atoms with Crippen molar-refractivity contribution in [2.45, 2.75) is 52.4 Å². The van der Waals surface area contributed by atoms with E-state index in [0.29, 0.717) is 16.7 Å². The molecule has 2 heteroatoms. The average Bonchev–Trinajstić information content (AvgIpc) is 2.24. The number of likely N-dealkylation sites (tertiary alicyclic amines) is 1. The van der Waals surface area contributed by atoms with Crippen LogP contribution < -0.4 is 0 Å². The van der Waals surface area contributed by atoms with Crippen molar-refractivity contribution in [3.8, 4) is 0 Å². The molecular weight excluding hydrogens is 234 g/mol. The highest BCUT2D eigenvalue weighted by molar-refractivity contribution is 5.88. The predicted octanol–water partition coefficient (Wildman–Crippen LogP) is 3.07. The van der Waals surface area contributed by atoms with Gasteiger partial charge in [0.05, 0.1) is 5.41 Å². The van der Waals surface area contributed by atoms with Crippen LogP contribution in [-0.4, -0.2) is 23.9 Å². The van der Waals surface area contributed by atoms with Gasteiger partial charge in [-0.3, -0.25) is 4.79 Å². The summed E-state index contributed by atoms with van der Waals surface area (Å²) in [6, 6.07) is 0. The lowest BCUT2D eigenvalue weighted by Crippen LogP contribution is -2.88. The second-order valence-corrected chi connectivity index (χ2v) is 8.94. The van der Waals surface area contributed by atoms with Crippen molar-refractivity contribution in [1.82, 2.24) is 4.90 Å². The Morgan fingerprint density at radius 3 is 2.05 bits per heavy atom. The van der Waals surface area contributed by atoms with Crippen molar-refractivity contribution in [2.75, 3.05) is 13.1 Å². The average molecular weight is 259 g/mol. The summed E-state index contributed by atoms with van der Waals surface area (Å²) in [5, 5.41) is 0. The van der Waals surface area contributed by atoms with Gasteiger partial charge < -0.3 is 4.90 Å². The van der Waals surface area contributed by atoms with Crippen LogP contribution in [0.1, 0.15) is 52.4 Å². The van der Waals surface area contributed by atoms with Gasteiger partial charge in [0, 0.05) is 13.1 Å². The van der Waals surface area contributed by atoms with Crippen molar-refractivity contribution < 1.29 is 4.79 Å². The van der Waals surface area contributed by atoms with E-state index in [9.17, 15) is 4.79 Å². The van der Waals surface area contributed by atoms with Gasteiger partial charge in [-0.05, 0) is 67.1 Å². The van der Waals surface area contributed by atoms with E-state index in [-0.39, 0.29) is 5.41 Å². The fourth-order valence-corrected chi connectivity index (χ4v) is 6.91. The number of piperidine rings is 1. The molecule has 19 heavy (non-hydrogen) atoms. The largest absolute Gasteiger partial charge is 0.342 e. The molecule has 0 N–H and O–H groups in total. The topological polar surface area (TPSA) is 20.3 Å². The van der Waals surface area contributed by atoms with Gasteiger partial charge in [0.15, 0.2) is 0 Å². The molecule has 5 aliphatic rings. The fourth-order valence-electron chi connectivity index (χ4n) is 6.91. The van der Waals surface area contributed by atoms with Crippen molar-refractivity contribution in [1.29, 1.82) is 0 Å². The minimum absolute atomic E-state index is 0.158. The van der Waals surface area contributed by atoms with Gasteiger partial charge in [-0.2, -0.15) is 0 Å². The van der Waals surface area contributed by atoms with Crippen LogP contribution in [0.4, 0.5) is 0 Å². The Bertz CT molecular complexity index is 444. The van der Waals surface area contributed by atoms with Crippen molar-refractivity contribution in [3.05, 3.63) is 0 Å². The first-order valence-corrected chi connectivity index (χ1v) is 8.29. The smallest absolute Gasteiger partial charge is 0.229 e. The van der Waals surface area contributed by atoms with Crippen molar-refractivity contribution >= 4 is 5.91 Å². The molecule has 1 saturated heterocycles. The number of amides is 1. The highest BCUT2D eigenvalue weighted by Crippen LogP contribution is 2.93. The van der Waals surface area contributed by atoms with E-state index in [1.807, 2.05) is 0 Å². The van der Waals surface area contributed by atoms with E-state index in [0.717, 1.165) is 30.8 Å². The van der Waals surface area contributed by atoms with E-state index in [1.165, 1.54) is 38.5 Å². The molecule has 0 bridgehead atoms. The number of rotatable bonds is 1. The van der Waals surface area contributed by atoms with Crippen molar-refractivity contribution in [3.63, 3.8) is 0 Å². The molecule has 104 valence electrons. The molecule has 1 amide bonds. The molecule has 2 atom stereocenters. The molecule has 4 saturated carbocycles. The van der Waals surface area contributed by atoms with E-state index in [1.54, 1.807) is 0 Å². The lowest BCUT2D eigenvalue weighted by molar-refractivity contribution is -0.415. The van der Waals surface area contributed by atoms with Gasteiger partial charge in [0.2, 0.25) is 5.91 Å². The Kier molecular flexibility index (Phi) is 1.70. The Morgan fingerprint density at radius 1 is 1.00 bits per heavy atom. The number of carbonyl (C=O) groups is 1. The zero-order valence-electron chi connectivity index (χ0n) is 12.2. The lowest BCUT2D eigenvalue weighted by Gasteiger charge is -2.90. The predicted molar refractivity (Wildman–Crippen MR) is 73.4 cm³/mol. The molecular formula is C17H25NO. The summed E-state index contributed by atoms with van der Waals surface area (Å²) >= 11 is 0. The monoisotopic (exact) mass is 259 g/mol. The minimum Gasteiger partial charge on any atom is -0.342 e. The highest BCUT2D eigenvalue weighted by Gasteiger charge is 2.89. The zero-order valence-corrected chi connectivity index (χ0v) is 12.2. The Labute approximate surface area is 115 Å². The van der Waals surface area contributed by atoms with Gasteiger partial charge in [-0.15, -0.1) is 0 Å². The molecule has 4 aliphatic carbocycles. The third kappa shape index (κ3) is 0.946. The lowest BCUT2D eigenvalue weighted by atomic mass is 9.13. The summed E-state index contributed by atoms with van der Waals surface area (Å²) in [4.78, 5) is 15.3. The molecule has 0 aromatic rings. The van der Waals surface area contributed by atoms with Crippen LogP contribution in [0.2, 0.25) is 0 Å². The maximum atomic E-state index is 13.1. The first-order chi connectivity index (χ1) is 9.00. The molecule has 2 nitrogen and oxygen atoms in total. The molecule has 0 radical (unpaired) electrons. The summed E-state index contributed by atoms with van der Waals surface area (Å²) in [6.07, 6.45) is 7.80. The summed E-state index contributed by atoms with van der Waals surface area (Å²) in [5.74, 6) is 3.43. The normalized spacial score (nSPS) is 55.7. The maximum absolute atomic E-state index is 13.1. The number of nitrogens with zero attached hydrogens (tertiary/aromatic N) is 1. The first kappa shape index (κ1) is 11.2. The quantitative estimate of drug-likeness (QED) is 0.708. The third-order valence-electron chi connectivity index (χ3n) is 8.00. The third-order valence-corrected chi connectivity index (χ3v) is 8.00. The standard InChI is InChI=1S/C17H25NO/c1-15(2)3-5-18(6-4-15)14(19)16-9-12-7-11-8-13(10-16)17(11,12)16/h11-13H,3-10H2,1-2H3. The second-order valence-electron chi connectivity index (χ2n) is 8.94. The van der Waals surface area contributed by atoms with Crippen LogP contribution in [0.25, 0.3) is 0 Å². The van der Waals surface area contributed by atoms with Crippen molar-refractivity contribution in [2.24, 2.45) is 34.0 Å². The summed E-state index contributed by atoms with van der Waals surface area (Å²) in [5.41, 5.74) is 1.18. The molecule has 5 fully saturated rings. The van der Waals surface area contributed by atoms with Crippen LogP contribution in [0.3, 0.4) is 0 Å².